The predicted octanol–water partition coefficient (Wildman–Crippen LogP) is 3.06. The molecule has 5 nitrogen and oxygen atoms in total. The molecule has 0 N–H and O–H groups in total. The third-order valence-electron chi connectivity index (χ3n) is 5.40. The molecule has 0 bridgehead atoms. The quantitative estimate of drug-likeness (QED) is 0.864. The summed E-state index contributed by atoms with van der Waals surface area (Å²) in [5, 5.41) is 0. The van der Waals surface area contributed by atoms with Gasteiger partial charge in [-0.25, -0.2) is 9.97 Å². The number of nitrogens with zero attached hydrogens (tertiary/aromatic N) is 4. The van der Waals surface area contributed by atoms with E-state index in [1.54, 1.807) is 12.4 Å². The molecule has 5 heteroatoms. The first-order valence-electron chi connectivity index (χ1n) is 9.20. The summed E-state index contributed by atoms with van der Waals surface area (Å²) in [6.07, 6.45) is 7.49. The molecular formula is C20H24N4O. The van der Waals surface area contributed by atoms with E-state index in [0.29, 0.717) is 5.91 Å². The topological polar surface area (TPSA) is 49.3 Å². The van der Waals surface area contributed by atoms with Crippen molar-refractivity contribution in [2.45, 2.75) is 31.7 Å². The molecule has 0 aliphatic carbocycles. The van der Waals surface area contributed by atoms with Gasteiger partial charge in [0.2, 0.25) is 11.9 Å². The fraction of sp³-hybridized carbons (Fsp3) is 0.450. The van der Waals surface area contributed by atoms with Crippen LogP contribution < -0.4 is 4.90 Å². The van der Waals surface area contributed by atoms with Crippen molar-refractivity contribution in [1.82, 2.24) is 14.9 Å². The second-order valence-corrected chi connectivity index (χ2v) is 6.91. The average Bonchev–Trinajstić information content (AvgIpc) is 3.19. The Hall–Kier alpha value is -2.43. The van der Waals surface area contributed by atoms with E-state index in [9.17, 15) is 4.79 Å². The summed E-state index contributed by atoms with van der Waals surface area (Å²) in [5.41, 5.74) is 1.27. The zero-order chi connectivity index (χ0) is 17.1. The molecule has 1 atom stereocenters. The SMILES string of the molecule is O=C(C1CCN(c2ncccn2)CC1)N1CCC[C@H]1c1ccccc1. The lowest BCUT2D eigenvalue weighted by Gasteiger charge is -2.35. The van der Waals surface area contributed by atoms with Crippen molar-refractivity contribution in [3.63, 3.8) is 0 Å². The second kappa shape index (κ2) is 7.21. The predicted molar refractivity (Wildman–Crippen MR) is 97.1 cm³/mol. The van der Waals surface area contributed by atoms with E-state index in [1.807, 2.05) is 12.1 Å². The van der Waals surface area contributed by atoms with Gasteiger partial charge in [0.05, 0.1) is 6.04 Å². The minimum atomic E-state index is 0.129. The Labute approximate surface area is 148 Å². The highest BCUT2D eigenvalue weighted by Gasteiger charge is 2.35. The summed E-state index contributed by atoms with van der Waals surface area (Å²) in [5.74, 6) is 1.24. The first-order valence-corrected chi connectivity index (χ1v) is 9.20. The van der Waals surface area contributed by atoms with Gasteiger partial charge in [-0.2, -0.15) is 0 Å². The molecule has 2 aliphatic rings. The summed E-state index contributed by atoms with van der Waals surface area (Å²) < 4.78 is 0. The highest BCUT2D eigenvalue weighted by molar-refractivity contribution is 5.80. The number of rotatable bonds is 3. The fourth-order valence-corrected chi connectivity index (χ4v) is 4.07. The van der Waals surface area contributed by atoms with Crippen molar-refractivity contribution >= 4 is 11.9 Å². The summed E-state index contributed by atoms with van der Waals surface area (Å²) >= 11 is 0. The van der Waals surface area contributed by atoms with Crippen LogP contribution in [0.15, 0.2) is 48.8 Å². The van der Waals surface area contributed by atoms with E-state index in [0.717, 1.165) is 51.3 Å². The molecule has 1 aromatic heterocycles. The number of aromatic nitrogens is 2. The van der Waals surface area contributed by atoms with Gasteiger partial charge < -0.3 is 9.80 Å². The maximum absolute atomic E-state index is 13.1. The van der Waals surface area contributed by atoms with Gasteiger partial charge in [0.15, 0.2) is 0 Å². The van der Waals surface area contributed by atoms with Crippen molar-refractivity contribution in [3.05, 3.63) is 54.4 Å². The highest BCUT2D eigenvalue weighted by atomic mass is 16.2. The van der Waals surface area contributed by atoms with Crippen molar-refractivity contribution in [2.75, 3.05) is 24.5 Å². The molecule has 25 heavy (non-hydrogen) atoms. The Morgan fingerprint density at radius 1 is 0.920 bits per heavy atom. The van der Waals surface area contributed by atoms with Crippen molar-refractivity contribution in [2.24, 2.45) is 5.92 Å². The lowest BCUT2D eigenvalue weighted by molar-refractivity contribution is -0.137. The van der Waals surface area contributed by atoms with Gasteiger partial charge in [-0.15, -0.1) is 0 Å². The molecule has 0 radical (unpaired) electrons. The minimum absolute atomic E-state index is 0.129. The molecule has 130 valence electrons. The molecule has 1 aromatic carbocycles. The maximum atomic E-state index is 13.1. The zero-order valence-corrected chi connectivity index (χ0v) is 14.4. The molecular weight excluding hydrogens is 312 g/mol. The second-order valence-electron chi connectivity index (χ2n) is 6.91. The Kier molecular flexibility index (Phi) is 4.63. The molecule has 3 heterocycles. The Balaban J connectivity index is 1.40. The van der Waals surface area contributed by atoms with Crippen LogP contribution in [0.3, 0.4) is 0 Å². The number of benzene rings is 1. The number of hydrogen-bond acceptors (Lipinski definition) is 4. The number of hydrogen-bond donors (Lipinski definition) is 0. The zero-order valence-electron chi connectivity index (χ0n) is 14.4. The minimum Gasteiger partial charge on any atom is -0.341 e. The van der Waals surface area contributed by atoms with Crippen molar-refractivity contribution < 1.29 is 4.79 Å². The van der Waals surface area contributed by atoms with Crippen molar-refractivity contribution in [1.29, 1.82) is 0 Å². The summed E-state index contributed by atoms with van der Waals surface area (Å²) in [6.45, 7) is 2.59. The summed E-state index contributed by atoms with van der Waals surface area (Å²) in [4.78, 5) is 26.0. The molecule has 2 aromatic rings. The van der Waals surface area contributed by atoms with Gasteiger partial charge in [0.25, 0.3) is 0 Å². The summed E-state index contributed by atoms with van der Waals surface area (Å²) in [6, 6.07) is 12.5. The van der Waals surface area contributed by atoms with Crippen LogP contribution in [0.4, 0.5) is 5.95 Å². The van der Waals surface area contributed by atoms with Crippen LogP contribution in [0.1, 0.15) is 37.3 Å². The molecule has 2 saturated heterocycles. The van der Waals surface area contributed by atoms with E-state index in [1.165, 1.54) is 5.56 Å². The van der Waals surface area contributed by atoms with Crippen LogP contribution in [0.25, 0.3) is 0 Å². The normalized spacial score (nSPS) is 21.5. The molecule has 2 aliphatic heterocycles. The van der Waals surface area contributed by atoms with E-state index < -0.39 is 0 Å². The number of carbonyl (C=O) groups is 1. The molecule has 2 fully saturated rings. The maximum Gasteiger partial charge on any atom is 0.226 e. The van der Waals surface area contributed by atoms with Crippen LogP contribution in [0.5, 0.6) is 0 Å². The van der Waals surface area contributed by atoms with Crippen LogP contribution in [0, 0.1) is 5.92 Å². The van der Waals surface area contributed by atoms with Gasteiger partial charge in [0.1, 0.15) is 0 Å². The van der Waals surface area contributed by atoms with E-state index in [2.05, 4.69) is 44.0 Å². The van der Waals surface area contributed by atoms with Crippen LogP contribution in [-0.4, -0.2) is 40.4 Å². The Bertz CT molecular complexity index is 698. The lowest BCUT2D eigenvalue weighted by Crippen LogP contribution is -2.42. The van der Waals surface area contributed by atoms with Gasteiger partial charge in [-0.1, -0.05) is 30.3 Å². The third kappa shape index (κ3) is 3.36. The largest absolute Gasteiger partial charge is 0.341 e. The Morgan fingerprint density at radius 2 is 1.64 bits per heavy atom. The monoisotopic (exact) mass is 336 g/mol. The van der Waals surface area contributed by atoms with Gasteiger partial charge in [-0.3, -0.25) is 4.79 Å². The van der Waals surface area contributed by atoms with Gasteiger partial charge in [-0.05, 0) is 37.3 Å². The van der Waals surface area contributed by atoms with Gasteiger partial charge >= 0.3 is 0 Å². The first kappa shape index (κ1) is 16.1. The third-order valence-corrected chi connectivity index (χ3v) is 5.40. The van der Waals surface area contributed by atoms with Gasteiger partial charge in [0, 0.05) is 37.9 Å². The van der Waals surface area contributed by atoms with E-state index in [4.69, 9.17) is 0 Å². The average molecular weight is 336 g/mol. The molecule has 0 saturated carbocycles. The fourth-order valence-electron chi connectivity index (χ4n) is 4.07. The number of amides is 1. The van der Waals surface area contributed by atoms with Crippen molar-refractivity contribution in [3.8, 4) is 0 Å². The number of anilines is 1. The highest BCUT2D eigenvalue weighted by Crippen LogP contribution is 2.34. The van der Waals surface area contributed by atoms with E-state index in [-0.39, 0.29) is 12.0 Å². The number of carbonyl (C=O) groups excluding carboxylic acids is 1. The van der Waals surface area contributed by atoms with E-state index >= 15 is 0 Å². The van der Waals surface area contributed by atoms with Crippen LogP contribution in [-0.2, 0) is 4.79 Å². The molecule has 0 spiro atoms. The lowest BCUT2D eigenvalue weighted by atomic mass is 9.94. The molecule has 1 amide bonds. The van der Waals surface area contributed by atoms with Crippen LogP contribution >= 0.6 is 0 Å². The number of likely N-dealkylation sites (tertiary alicyclic amines) is 1. The summed E-state index contributed by atoms with van der Waals surface area (Å²) in [7, 11) is 0. The number of piperidine rings is 1. The standard InChI is InChI=1S/C20H24N4O/c25-19(24-13-4-8-18(24)16-6-2-1-3-7-16)17-9-14-23(15-10-17)20-21-11-5-12-22-20/h1-3,5-7,11-12,17-18H,4,8-10,13-15H2/t18-/m0/s1. The molecule has 4 rings (SSSR count). The first-order chi connectivity index (χ1) is 12.3. The Morgan fingerprint density at radius 3 is 2.36 bits per heavy atom. The smallest absolute Gasteiger partial charge is 0.226 e. The van der Waals surface area contributed by atoms with Crippen LogP contribution in [0.2, 0.25) is 0 Å². The molecule has 0 unspecified atom stereocenters.